The number of rotatable bonds is 8. The third kappa shape index (κ3) is 6.09. The molecular formula is C27H32BrClFN3O3. The van der Waals surface area contributed by atoms with Crippen molar-refractivity contribution in [2.45, 2.75) is 63.1 Å². The largest absolute Gasteiger partial charge is 0.394 e. The lowest BCUT2D eigenvalue weighted by Crippen LogP contribution is -2.46. The molecule has 1 fully saturated rings. The van der Waals surface area contributed by atoms with Gasteiger partial charge in [-0.25, -0.2) is 4.39 Å². The molecule has 9 heteroatoms. The number of nitriles is 1. The standard InChI is InChI=1S/C27H32BrClFN3O3/c1-26(2,3)13-22-27(15-31,20-8-7-18(29)12-21(20)30)23(16-5-4-6-17(28)11-16)24(33-22)25(36)32-10-9-19(35)14-34/h4-8,11-12,19,22-24,33-35H,9-10,13-14H2,1-3H3,(H,32,36)/t19-,22-,23-,24-,27-/m0/s1. The maximum atomic E-state index is 15.5. The monoisotopic (exact) mass is 579 g/mol. The maximum Gasteiger partial charge on any atom is 0.237 e. The highest BCUT2D eigenvalue weighted by atomic mass is 79.9. The van der Waals surface area contributed by atoms with E-state index in [2.05, 4.69) is 32.6 Å². The molecule has 2 aromatic rings. The number of halogens is 3. The van der Waals surface area contributed by atoms with Gasteiger partial charge in [0.05, 0.1) is 24.8 Å². The number of nitrogens with one attached hydrogen (secondary N) is 2. The van der Waals surface area contributed by atoms with Crippen LogP contribution in [-0.4, -0.2) is 47.5 Å². The van der Waals surface area contributed by atoms with Gasteiger partial charge in [-0.3, -0.25) is 4.79 Å². The summed E-state index contributed by atoms with van der Waals surface area (Å²) < 4.78 is 16.3. The van der Waals surface area contributed by atoms with Crippen molar-refractivity contribution in [3.63, 3.8) is 0 Å². The number of benzene rings is 2. The first-order valence-electron chi connectivity index (χ1n) is 11.9. The summed E-state index contributed by atoms with van der Waals surface area (Å²) in [6, 6.07) is 12.7. The minimum atomic E-state index is -1.42. The fourth-order valence-corrected chi connectivity index (χ4v) is 5.67. The minimum Gasteiger partial charge on any atom is -0.394 e. The molecule has 5 atom stereocenters. The molecule has 1 saturated heterocycles. The van der Waals surface area contributed by atoms with Gasteiger partial charge >= 0.3 is 0 Å². The van der Waals surface area contributed by atoms with Gasteiger partial charge in [0, 0.05) is 33.6 Å². The van der Waals surface area contributed by atoms with Gasteiger partial charge in [0.25, 0.3) is 0 Å². The smallest absolute Gasteiger partial charge is 0.237 e. The predicted octanol–water partition coefficient (Wildman–Crippen LogP) is 4.42. The lowest BCUT2D eigenvalue weighted by atomic mass is 9.62. The van der Waals surface area contributed by atoms with E-state index in [1.54, 1.807) is 12.1 Å². The van der Waals surface area contributed by atoms with Crippen LogP contribution in [0.15, 0.2) is 46.9 Å². The number of hydrogen-bond acceptors (Lipinski definition) is 5. The van der Waals surface area contributed by atoms with E-state index in [4.69, 9.17) is 16.7 Å². The van der Waals surface area contributed by atoms with Crippen molar-refractivity contribution in [2.75, 3.05) is 13.2 Å². The highest BCUT2D eigenvalue weighted by molar-refractivity contribution is 9.10. The van der Waals surface area contributed by atoms with Crippen LogP contribution in [0, 0.1) is 22.6 Å². The summed E-state index contributed by atoms with van der Waals surface area (Å²) >= 11 is 9.54. The molecular weight excluding hydrogens is 549 g/mol. The van der Waals surface area contributed by atoms with Gasteiger partial charge in [-0.15, -0.1) is 0 Å². The van der Waals surface area contributed by atoms with Crippen LogP contribution in [0.25, 0.3) is 0 Å². The van der Waals surface area contributed by atoms with Crippen molar-refractivity contribution in [3.05, 3.63) is 68.9 Å². The van der Waals surface area contributed by atoms with Gasteiger partial charge in [0.15, 0.2) is 0 Å². The van der Waals surface area contributed by atoms with Gasteiger partial charge in [0.1, 0.15) is 11.2 Å². The molecule has 0 radical (unpaired) electrons. The summed E-state index contributed by atoms with van der Waals surface area (Å²) in [4.78, 5) is 13.5. The van der Waals surface area contributed by atoms with Crippen LogP contribution in [0.4, 0.5) is 4.39 Å². The number of aliphatic hydroxyl groups is 2. The second-order valence-electron chi connectivity index (χ2n) is 10.5. The Morgan fingerprint density at radius 2 is 2.06 bits per heavy atom. The van der Waals surface area contributed by atoms with Crippen LogP contribution < -0.4 is 10.6 Å². The summed E-state index contributed by atoms with van der Waals surface area (Å²) in [5.41, 5.74) is -0.761. The van der Waals surface area contributed by atoms with Crippen LogP contribution in [0.3, 0.4) is 0 Å². The minimum absolute atomic E-state index is 0.142. The van der Waals surface area contributed by atoms with E-state index in [0.717, 1.165) is 4.47 Å². The number of carbonyl (C=O) groups is 1. The van der Waals surface area contributed by atoms with E-state index in [1.165, 1.54) is 6.07 Å². The molecule has 6 nitrogen and oxygen atoms in total. The van der Waals surface area contributed by atoms with Crippen LogP contribution in [0.5, 0.6) is 0 Å². The first kappa shape index (κ1) is 28.5. The molecule has 0 aliphatic carbocycles. The average Bonchev–Trinajstić information content (AvgIpc) is 3.12. The fraction of sp³-hybridized carbons (Fsp3) is 0.481. The average molecular weight is 581 g/mol. The first-order chi connectivity index (χ1) is 16.9. The van der Waals surface area contributed by atoms with Gasteiger partial charge in [0.2, 0.25) is 5.91 Å². The fourth-order valence-electron chi connectivity index (χ4n) is 5.09. The van der Waals surface area contributed by atoms with Gasteiger partial charge in [-0.2, -0.15) is 5.26 Å². The maximum absolute atomic E-state index is 15.5. The number of carbonyl (C=O) groups excluding carboxylic acids is 1. The predicted molar refractivity (Wildman–Crippen MR) is 141 cm³/mol. The van der Waals surface area contributed by atoms with E-state index >= 15 is 4.39 Å². The zero-order valence-electron chi connectivity index (χ0n) is 20.6. The molecule has 1 amide bonds. The highest BCUT2D eigenvalue weighted by Gasteiger charge is 2.60. The molecule has 4 N–H and O–H groups in total. The lowest BCUT2D eigenvalue weighted by molar-refractivity contribution is -0.123. The molecule has 3 rings (SSSR count). The SMILES string of the molecule is CC(C)(C)C[C@@H]1N[C@H](C(=O)NCC[C@H](O)CO)[C@H](c2cccc(Br)c2)[C@@]1(C#N)c1ccc(Cl)cc1F. The Hall–Kier alpha value is -2.02. The van der Waals surface area contributed by atoms with E-state index in [0.29, 0.717) is 12.0 Å². The van der Waals surface area contributed by atoms with Gasteiger partial charge < -0.3 is 20.8 Å². The van der Waals surface area contributed by atoms with E-state index < -0.39 is 41.9 Å². The van der Waals surface area contributed by atoms with E-state index in [-0.39, 0.29) is 34.9 Å². The quantitative estimate of drug-likeness (QED) is 0.370. The molecule has 0 spiro atoms. The Balaban J connectivity index is 2.19. The molecule has 0 aromatic heterocycles. The summed E-state index contributed by atoms with van der Waals surface area (Å²) in [5.74, 6) is -1.70. The summed E-state index contributed by atoms with van der Waals surface area (Å²) in [5, 5.41) is 36.0. The number of aliphatic hydroxyl groups excluding tert-OH is 2. The van der Waals surface area contributed by atoms with Crippen LogP contribution in [-0.2, 0) is 10.2 Å². The Kier molecular flexibility index (Phi) is 9.18. The van der Waals surface area contributed by atoms with Crippen molar-refractivity contribution in [1.29, 1.82) is 5.26 Å². The Labute approximate surface area is 225 Å². The molecule has 0 unspecified atom stereocenters. The van der Waals surface area contributed by atoms with E-state index in [1.807, 2.05) is 45.0 Å². The molecule has 0 saturated carbocycles. The van der Waals surface area contributed by atoms with Crippen molar-refractivity contribution in [3.8, 4) is 6.07 Å². The zero-order chi connectivity index (χ0) is 26.7. The topological polar surface area (TPSA) is 105 Å². The molecule has 194 valence electrons. The van der Waals surface area contributed by atoms with E-state index in [9.17, 15) is 15.2 Å². The Morgan fingerprint density at radius 3 is 2.64 bits per heavy atom. The second kappa shape index (κ2) is 11.6. The lowest BCUT2D eigenvalue weighted by Gasteiger charge is -2.37. The number of nitrogens with zero attached hydrogens (tertiary/aromatic N) is 1. The molecule has 1 heterocycles. The third-order valence-electron chi connectivity index (χ3n) is 6.61. The van der Waals surface area contributed by atoms with Crippen molar-refractivity contribution in [2.24, 2.45) is 5.41 Å². The first-order valence-corrected chi connectivity index (χ1v) is 13.0. The summed E-state index contributed by atoms with van der Waals surface area (Å²) in [6.07, 6.45) is -0.269. The molecule has 2 aromatic carbocycles. The molecule has 36 heavy (non-hydrogen) atoms. The number of amides is 1. The van der Waals surface area contributed by atoms with Crippen molar-refractivity contribution >= 4 is 33.4 Å². The highest BCUT2D eigenvalue weighted by Crippen LogP contribution is 2.52. The van der Waals surface area contributed by atoms with Crippen LogP contribution in [0.2, 0.25) is 5.02 Å². The van der Waals surface area contributed by atoms with Crippen molar-refractivity contribution < 1.29 is 19.4 Å². The Bertz CT molecular complexity index is 1140. The zero-order valence-corrected chi connectivity index (χ0v) is 22.9. The van der Waals surface area contributed by atoms with Crippen molar-refractivity contribution in [1.82, 2.24) is 10.6 Å². The summed E-state index contributed by atoms with van der Waals surface area (Å²) in [7, 11) is 0. The van der Waals surface area contributed by atoms with Crippen LogP contribution >= 0.6 is 27.5 Å². The molecule has 1 aliphatic rings. The summed E-state index contributed by atoms with van der Waals surface area (Å²) in [6.45, 7) is 5.84. The van der Waals surface area contributed by atoms with Crippen LogP contribution in [0.1, 0.15) is 50.7 Å². The normalized spacial score (nSPS) is 24.8. The molecule has 0 bridgehead atoms. The van der Waals surface area contributed by atoms with Gasteiger partial charge in [-0.05, 0) is 48.1 Å². The van der Waals surface area contributed by atoms with Gasteiger partial charge in [-0.1, -0.05) is 66.5 Å². The second-order valence-corrected chi connectivity index (χ2v) is 11.9. The Morgan fingerprint density at radius 1 is 1.33 bits per heavy atom. The number of hydrogen-bond donors (Lipinski definition) is 4. The molecule has 1 aliphatic heterocycles. The third-order valence-corrected chi connectivity index (χ3v) is 7.34.